The molecule has 0 bridgehead atoms. The Morgan fingerprint density at radius 1 is 0.562 bits per heavy atom. The van der Waals surface area contributed by atoms with Crippen molar-refractivity contribution in [1.29, 1.82) is 0 Å². The van der Waals surface area contributed by atoms with E-state index in [1.165, 1.54) is 20.8 Å². The lowest BCUT2D eigenvalue weighted by molar-refractivity contribution is -0.274. The third-order valence-electron chi connectivity index (χ3n) is 3.04. The molecule has 0 spiro atoms. The van der Waals surface area contributed by atoms with E-state index in [0.29, 0.717) is 0 Å². The van der Waals surface area contributed by atoms with Crippen LogP contribution in [-0.2, 0) is 57.0 Å². The average Bonchev–Trinajstić information content (AvgIpc) is 2.72. The molecule has 0 rings (SSSR count). The van der Waals surface area contributed by atoms with Crippen molar-refractivity contribution in [2.45, 2.75) is 27.3 Å². The van der Waals surface area contributed by atoms with Gasteiger partial charge in [0.05, 0.1) is 19.8 Å². The van der Waals surface area contributed by atoms with Gasteiger partial charge in [-0.05, 0) is 20.8 Å². The van der Waals surface area contributed by atoms with Crippen LogP contribution in [0, 0.1) is 0 Å². The van der Waals surface area contributed by atoms with Crippen molar-refractivity contribution in [3.8, 4) is 0 Å². The van der Waals surface area contributed by atoms with Crippen molar-refractivity contribution in [3.05, 3.63) is 36.5 Å². The SMILES string of the molecule is C=C(C)C(=O)OOCCO[Si](C)(OCCOOC(=O)C(=C)C)OCCOOC(=O)C(=C)C. The van der Waals surface area contributed by atoms with E-state index < -0.39 is 26.7 Å². The third-order valence-corrected chi connectivity index (χ3v) is 5.23. The molecule has 0 aromatic rings. The van der Waals surface area contributed by atoms with Crippen LogP contribution in [0.5, 0.6) is 0 Å². The van der Waals surface area contributed by atoms with Gasteiger partial charge in [0.2, 0.25) is 0 Å². The van der Waals surface area contributed by atoms with Crippen molar-refractivity contribution in [1.82, 2.24) is 0 Å². The van der Waals surface area contributed by atoms with Gasteiger partial charge in [0, 0.05) is 23.3 Å². The summed E-state index contributed by atoms with van der Waals surface area (Å²) in [6, 6.07) is 0. The minimum absolute atomic E-state index is 0.0385. The maximum atomic E-state index is 11.3. The van der Waals surface area contributed by atoms with Crippen LogP contribution in [0.15, 0.2) is 36.5 Å². The molecule has 0 heterocycles. The van der Waals surface area contributed by atoms with E-state index in [-0.39, 0.29) is 56.4 Å². The van der Waals surface area contributed by atoms with Crippen molar-refractivity contribution in [3.63, 3.8) is 0 Å². The van der Waals surface area contributed by atoms with Crippen LogP contribution < -0.4 is 0 Å². The highest BCUT2D eigenvalue weighted by molar-refractivity contribution is 6.59. The fourth-order valence-corrected chi connectivity index (χ4v) is 3.02. The summed E-state index contributed by atoms with van der Waals surface area (Å²) >= 11 is 0. The molecule has 12 nitrogen and oxygen atoms in total. The minimum atomic E-state index is -3.26. The maximum absolute atomic E-state index is 11.3. The number of hydrogen-bond donors (Lipinski definition) is 0. The van der Waals surface area contributed by atoms with E-state index in [4.69, 9.17) is 27.9 Å². The van der Waals surface area contributed by atoms with Gasteiger partial charge in [-0.1, -0.05) is 19.7 Å². The van der Waals surface area contributed by atoms with Gasteiger partial charge in [-0.3, -0.25) is 14.7 Å². The highest BCUT2D eigenvalue weighted by atomic mass is 28.4. The summed E-state index contributed by atoms with van der Waals surface area (Å²) in [5, 5.41) is 0. The zero-order valence-electron chi connectivity index (χ0n) is 18.8. The number of hydrogen-bond acceptors (Lipinski definition) is 12. The summed E-state index contributed by atoms with van der Waals surface area (Å²) in [4.78, 5) is 61.4. The van der Waals surface area contributed by atoms with E-state index in [9.17, 15) is 14.4 Å². The molecular weight excluding hydrogens is 448 g/mol. The number of carbonyl (C=O) groups excluding carboxylic acids is 3. The van der Waals surface area contributed by atoms with Crippen LogP contribution in [0.1, 0.15) is 20.8 Å². The molecule has 0 aliphatic carbocycles. The second-order valence-corrected chi connectivity index (χ2v) is 8.92. The molecule has 0 aromatic heterocycles. The van der Waals surface area contributed by atoms with Gasteiger partial charge in [-0.2, -0.15) is 14.7 Å². The first-order chi connectivity index (χ1) is 15.0. The molecule has 32 heavy (non-hydrogen) atoms. The Bertz CT molecular complexity index is 587. The second kappa shape index (κ2) is 16.3. The molecule has 0 saturated carbocycles. The zero-order valence-corrected chi connectivity index (χ0v) is 19.8. The molecule has 0 aromatic carbocycles. The van der Waals surface area contributed by atoms with E-state index in [1.54, 1.807) is 6.55 Å². The quantitative estimate of drug-likeness (QED) is 0.0934. The molecule has 0 atom stereocenters. The Balaban J connectivity index is 4.45. The van der Waals surface area contributed by atoms with Gasteiger partial charge in [0.25, 0.3) is 0 Å². The van der Waals surface area contributed by atoms with Crippen LogP contribution >= 0.6 is 0 Å². The molecular formula is C19H30O12Si. The van der Waals surface area contributed by atoms with Crippen LogP contribution in [-0.4, -0.2) is 66.4 Å². The predicted molar refractivity (Wildman–Crippen MR) is 110 cm³/mol. The summed E-state index contributed by atoms with van der Waals surface area (Å²) < 4.78 is 16.8. The minimum Gasteiger partial charge on any atom is -0.371 e. The largest absolute Gasteiger partial charge is 0.497 e. The molecule has 0 amide bonds. The molecule has 0 N–H and O–H groups in total. The lowest BCUT2D eigenvalue weighted by atomic mass is 10.4. The molecule has 0 aliphatic heterocycles. The van der Waals surface area contributed by atoms with Gasteiger partial charge < -0.3 is 13.3 Å². The Morgan fingerprint density at radius 3 is 1.03 bits per heavy atom. The van der Waals surface area contributed by atoms with Crippen molar-refractivity contribution in [2.75, 3.05) is 39.6 Å². The van der Waals surface area contributed by atoms with Gasteiger partial charge in [0.1, 0.15) is 19.8 Å². The topological polar surface area (TPSA) is 134 Å². The highest BCUT2D eigenvalue weighted by Crippen LogP contribution is 2.10. The Hall–Kier alpha value is -2.39. The Morgan fingerprint density at radius 2 is 0.812 bits per heavy atom. The molecule has 0 fully saturated rings. The normalized spacial score (nSPS) is 10.9. The van der Waals surface area contributed by atoms with E-state index in [2.05, 4.69) is 34.4 Å². The second-order valence-electron chi connectivity index (χ2n) is 6.33. The molecule has 0 unspecified atom stereocenters. The molecule has 0 aliphatic rings. The highest BCUT2D eigenvalue weighted by Gasteiger charge is 2.35. The van der Waals surface area contributed by atoms with Crippen LogP contribution in [0.2, 0.25) is 6.55 Å². The summed E-state index contributed by atoms with van der Waals surface area (Å²) in [6.45, 7) is 15.8. The maximum Gasteiger partial charge on any atom is 0.497 e. The van der Waals surface area contributed by atoms with Crippen LogP contribution in [0.3, 0.4) is 0 Å². The van der Waals surface area contributed by atoms with Gasteiger partial charge in [-0.25, -0.2) is 14.4 Å². The average molecular weight is 479 g/mol. The molecule has 0 radical (unpaired) electrons. The Labute approximate surface area is 187 Å². The lowest BCUT2D eigenvalue weighted by Gasteiger charge is -2.25. The number of carbonyl (C=O) groups is 3. The lowest BCUT2D eigenvalue weighted by Crippen LogP contribution is -2.45. The van der Waals surface area contributed by atoms with Gasteiger partial charge in [0.15, 0.2) is 0 Å². The van der Waals surface area contributed by atoms with Crippen molar-refractivity contribution in [2.24, 2.45) is 0 Å². The summed E-state index contributed by atoms with van der Waals surface area (Å²) in [7, 11) is -3.26. The van der Waals surface area contributed by atoms with Crippen molar-refractivity contribution >= 4 is 26.7 Å². The first-order valence-corrected chi connectivity index (χ1v) is 11.6. The van der Waals surface area contributed by atoms with Crippen molar-refractivity contribution < 1.29 is 57.0 Å². The summed E-state index contributed by atoms with van der Waals surface area (Å²) in [5.41, 5.74) is 0.532. The third kappa shape index (κ3) is 14.6. The molecule has 182 valence electrons. The predicted octanol–water partition coefficient (Wildman–Crippen LogP) is 1.76. The monoisotopic (exact) mass is 478 g/mol. The smallest absolute Gasteiger partial charge is 0.371 e. The Kier molecular flexibility index (Phi) is 15.1. The van der Waals surface area contributed by atoms with Crippen LogP contribution in [0.4, 0.5) is 0 Å². The first kappa shape index (κ1) is 29.6. The fourth-order valence-electron chi connectivity index (χ4n) is 1.41. The standard InChI is InChI=1S/C19H30O12Si/c1-14(2)17(20)29-23-8-11-26-32(7,27-12-9-24-30-18(21)15(3)4)28-13-10-25-31-19(22)16(5)6/h1,3,5,8-13H2,2,4,6-7H3. The van der Waals surface area contributed by atoms with Gasteiger partial charge in [-0.15, -0.1) is 0 Å². The van der Waals surface area contributed by atoms with E-state index >= 15 is 0 Å². The molecule has 0 saturated heterocycles. The number of rotatable bonds is 18. The van der Waals surface area contributed by atoms with E-state index in [1.807, 2.05) is 0 Å². The zero-order chi connectivity index (χ0) is 24.6. The van der Waals surface area contributed by atoms with Crippen LogP contribution in [0.25, 0.3) is 0 Å². The fraction of sp³-hybridized carbons (Fsp3) is 0.526. The van der Waals surface area contributed by atoms with E-state index in [0.717, 1.165) is 0 Å². The first-order valence-electron chi connectivity index (χ1n) is 9.38. The van der Waals surface area contributed by atoms with Gasteiger partial charge >= 0.3 is 26.7 Å². The summed E-state index contributed by atoms with van der Waals surface area (Å²) in [6.07, 6.45) is 0. The molecule has 13 heteroatoms. The summed E-state index contributed by atoms with van der Waals surface area (Å²) in [5.74, 6) is -2.12.